The first-order valence-electron chi connectivity index (χ1n) is 3.27. The first-order chi connectivity index (χ1) is 5.20. The Kier molecular flexibility index (Phi) is 2.95. The van der Waals surface area contributed by atoms with Crippen molar-refractivity contribution >= 4 is 6.03 Å². The maximum atomic E-state index is 12.1. The zero-order valence-corrected chi connectivity index (χ0v) is 7.04. The van der Waals surface area contributed by atoms with Crippen molar-refractivity contribution < 1.29 is 18.0 Å². The summed E-state index contributed by atoms with van der Waals surface area (Å²) in [5, 5.41) is 3.81. The summed E-state index contributed by atoms with van der Waals surface area (Å²) >= 11 is 0. The van der Waals surface area contributed by atoms with Crippen LogP contribution in [-0.2, 0) is 0 Å². The molecule has 0 aliphatic carbocycles. The van der Waals surface area contributed by atoms with Crippen molar-refractivity contribution in [1.29, 1.82) is 0 Å². The third-order valence-electron chi connectivity index (χ3n) is 1.36. The van der Waals surface area contributed by atoms with E-state index in [1.807, 2.05) is 5.32 Å². The summed E-state index contributed by atoms with van der Waals surface area (Å²) in [7, 11) is 1.25. The van der Waals surface area contributed by atoms with Crippen molar-refractivity contribution in [3.63, 3.8) is 0 Å². The monoisotopic (exact) mass is 184 g/mol. The average molecular weight is 184 g/mol. The molecule has 0 saturated heterocycles. The smallest absolute Gasteiger partial charge is 0.341 e. The Hall–Kier alpha value is -0.940. The minimum absolute atomic E-state index is 0.850. The third kappa shape index (κ3) is 2.60. The van der Waals surface area contributed by atoms with Gasteiger partial charge in [0.25, 0.3) is 0 Å². The van der Waals surface area contributed by atoms with Gasteiger partial charge in [-0.25, -0.2) is 4.79 Å². The minimum atomic E-state index is -4.44. The number of nitrogens with one attached hydrogen (secondary N) is 2. The summed E-state index contributed by atoms with van der Waals surface area (Å²) in [5.74, 6) is 0. The number of urea groups is 1. The van der Waals surface area contributed by atoms with Crippen molar-refractivity contribution in [2.24, 2.45) is 0 Å². The molecule has 3 nitrogen and oxygen atoms in total. The molecule has 0 atom stereocenters. The van der Waals surface area contributed by atoms with E-state index in [0.29, 0.717) is 0 Å². The van der Waals surface area contributed by atoms with E-state index in [9.17, 15) is 18.0 Å². The number of carbonyl (C=O) groups is 1. The zero-order chi connectivity index (χ0) is 9.99. The van der Waals surface area contributed by atoms with Crippen LogP contribution in [0.1, 0.15) is 13.8 Å². The summed E-state index contributed by atoms with van der Waals surface area (Å²) in [6, 6.07) is -0.850. The molecule has 2 N–H and O–H groups in total. The van der Waals surface area contributed by atoms with E-state index in [0.717, 1.165) is 13.8 Å². The van der Waals surface area contributed by atoms with Gasteiger partial charge in [-0.1, -0.05) is 0 Å². The zero-order valence-electron chi connectivity index (χ0n) is 7.04. The molecule has 0 bridgehead atoms. The molecule has 6 heteroatoms. The number of amides is 2. The topological polar surface area (TPSA) is 41.1 Å². The van der Waals surface area contributed by atoms with Crippen molar-refractivity contribution in [2.75, 3.05) is 7.05 Å². The van der Waals surface area contributed by atoms with Gasteiger partial charge in [0.05, 0.1) is 0 Å². The molecular formula is C6H11F3N2O. The molecule has 72 valence electrons. The highest BCUT2D eigenvalue weighted by Crippen LogP contribution is 2.29. The number of hydrogen-bond donors (Lipinski definition) is 2. The summed E-state index contributed by atoms with van der Waals surface area (Å²) in [6.07, 6.45) is -4.44. The number of hydrogen-bond acceptors (Lipinski definition) is 1. The van der Waals surface area contributed by atoms with Crippen LogP contribution in [0, 0.1) is 0 Å². The lowest BCUT2D eigenvalue weighted by molar-refractivity contribution is -0.182. The second kappa shape index (κ2) is 3.20. The Morgan fingerprint density at radius 1 is 1.25 bits per heavy atom. The number of rotatable bonds is 1. The predicted molar refractivity (Wildman–Crippen MR) is 37.7 cm³/mol. The molecule has 0 saturated carbocycles. The van der Waals surface area contributed by atoms with E-state index in [2.05, 4.69) is 0 Å². The van der Waals surface area contributed by atoms with E-state index < -0.39 is 17.7 Å². The molecule has 0 aliphatic heterocycles. The van der Waals surface area contributed by atoms with E-state index in [1.165, 1.54) is 7.05 Å². The van der Waals surface area contributed by atoms with Crippen molar-refractivity contribution in [1.82, 2.24) is 10.6 Å². The SMILES string of the molecule is CNC(=O)NC(C)(C)C(F)(F)F. The van der Waals surface area contributed by atoms with Crippen molar-refractivity contribution in [3.05, 3.63) is 0 Å². The van der Waals surface area contributed by atoms with Crippen LogP contribution < -0.4 is 10.6 Å². The largest absolute Gasteiger partial charge is 0.411 e. The minimum Gasteiger partial charge on any atom is -0.341 e. The highest BCUT2D eigenvalue weighted by Gasteiger charge is 2.48. The molecular weight excluding hydrogens is 173 g/mol. The fourth-order valence-electron chi connectivity index (χ4n) is 0.417. The number of halogens is 3. The van der Waals surface area contributed by atoms with Crippen molar-refractivity contribution in [3.8, 4) is 0 Å². The molecule has 0 unspecified atom stereocenters. The van der Waals surface area contributed by atoms with E-state index in [4.69, 9.17) is 0 Å². The van der Waals surface area contributed by atoms with Crippen LogP contribution in [0.4, 0.5) is 18.0 Å². The molecule has 0 rings (SSSR count). The summed E-state index contributed by atoms with van der Waals surface area (Å²) in [4.78, 5) is 10.6. The van der Waals surface area contributed by atoms with Gasteiger partial charge < -0.3 is 10.6 Å². The molecule has 0 spiro atoms. The van der Waals surface area contributed by atoms with E-state index in [1.54, 1.807) is 5.32 Å². The fourth-order valence-corrected chi connectivity index (χ4v) is 0.417. The van der Waals surface area contributed by atoms with Gasteiger partial charge in [0.2, 0.25) is 0 Å². The highest BCUT2D eigenvalue weighted by atomic mass is 19.4. The van der Waals surface area contributed by atoms with Gasteiger partial charge in [-0.05, 0) is 13.8 Å². The Bertz CT molecular complexity index is 176. The average Bonchev–Trinajstić information content (AvgIpc) is 1.84. The second-order valence-corrected chi connectivity index (χ2v) is 2.83. The van der Waals surface area contributed by atoms with Crippen LogP contribution in [0.15, 0.2) is 0 Å². The van der Waals surface area contributed by atoms with Gasteiger partial charge in [0.1, 0.15) is 5.54 Å². The molecule has 0 radical (unpaired) electrons. The highest BCUT2D eigenvalue weighted by molar-refractivity contribution is 5.74. The van der Waals surface area contributed by atoms with E-state index >= 15 is 0 Å². The normalized spacial score (nSPS) is 12.5. The van der Waals surface area contributed by atoms with Gasteiger partial charge in [-0.3, -0.25) is 0 Å². The van der Waals surface area contributed by atoms with Crippen LogP contribution in [0.25, 0.3) is 0 Å². The maximum absolute atomic E-state index is 12.1. The summed E-state index contributed by atoms with van der Waals surface area (Å²) in [5.41, 5.74) is -2.20. The molecule has 0 aromatic heterocycles. The van der Waals surface area contributed by atoms with Crippen LogP contribution in [0.2, 0.25) is 0 Å². The van der Waals surface area contributed by atoms with Gasteiger partial charge in [0.15, 0.2) is 0 Å². The Morgan fingerprint density at radius 3 is 1.92 bits per heavy atom. The van der Waals surface area contributed by atoms with Crippen LogP contribution >= 0.6 is 0 Å². The second-order valence-electron chi connectivity index (χ2n) is 2.83. The summed E-state index contributed by atoms with van der Waals surface area (Å²) < 4.78 is 36.3. The first kappa shape index (κ1) is 11.1. The lowest BCUT2D eigenvalue weighted by Crippen LogP contribution is -2.56. The van der Waals surface area contributed by atoms with Gasteiger partial charge in [0, 0.05) is 7.05 Å². The quantitative estimate of drug-likeness (QED) is 0.632. The fraction of sp³-hybridized carbons (Fsp3) is 0.833. The first-order valence-corrected chi connectivity index (χ1v) is 3.27. The third-order valence-corrected chi connectivity index (χ3v) is 1.36. The van der Waals surface area contributed by atoms with Gasteiger partial charge in [-0.2, -0.15) is 13.2 Å². The molecule has 0 fully saturated rings. The maximum Gasteiger partial charge on any atom is 0.411 e. The van der Waals surface area contributed by atoms with Crippen LogP contribution in [0.3, 0.4) is 0 Å². The molecule has 0 aliphatic rings. The molecule has 0 aromatic carbocycles. The van der Waals surface area contributed by atoms with Gasteiger partial charge >= 0.3 is 12.2 Å². The Balaban J connectivity index is 4.33. The standard InChI is InChI=1S/C6H11F3N2O/c1-5(2,6(7,8)9)11-4(12)10-3/h1-3H3,(H2,10,11,12). The number of alkyl halides is 3. The predicted octanol–water partition coefficient (Wildman–Crippen LogP) is 1.26. The molecule has 0 heterocycles. The molecule has 2 amide bonds. The Labute approximate surface area is 68.3 Å². The van der Waals surface area contributed by atoms with Crippen LogP contribution in [0.5, 0.6) is 0 Å². The van der Waals surface area contributed by atoms with E-state index in [-0.39, 0.29) is 0 Å². The van der Waals surface area contributed by atoms with Crippen molar-refractivity contribution in [2.45, 2.75) is 25.6 Å². The van der Waals surface area contributed by atoms with Gasteiger partial charge in [-0.15, -0.1) is 0 Å². The lowest BCUT2D eigenvalue weighted by Gasteiger charge is -2.28. The van der Waals surface area contributed by atoms with Crippen LogP contribution in [-0.4, -0.2) is 24.8 Å². The molecule has 0 aromatic rings. The molecule has 12 heavy (non-hydrogen) atoms. The Morgan fingerprint density at radius 2 is 1.67 bits per heavy atom. The number of carbonyl (C=O) groups excluding carboxylic acids is 1. The lowest BCUT2D eigenvalue weighted by atomic mass is 10.1. The summed E-state index contributed by atoms with van der Waals surface area (Å²) in [6.45, 7) is 1.78.